The molecule has 0 aliphatic rings. The molecule has 0 unspecified atom stereocenters. The molecule has 21 heavy (non-hydrogen) atoms. The highest BCUT2D eigenvalue weighted by molar-refractivity contribution is 5.90. The van der Waals surface area contributed by atoms with Crippen LogP contribution in [0.5, 0.6) is 0 Å². The van der Waals surface area contributed by atoms with Crippen molar-refractivity contribution in [3.05, 3.63) is 42.0 Å². The van der Waals surface area contributed by atoms with Crippen LogP contribution in [0.2, 0.25) is 0 Å². The van der Waals surface area contributed by atoms with E-state index in [0.717, 1.165) is 0 Å². The van der Waals surface area contributed by atoms with Crippen LogP contribution in [-0.4, -0.2) is 32.0 Å². The van der Waals surface area contributed by atoms with Crippen molar-refractivity contribution in [1.82, 2.24) is 15.0 Å². The van der Waals surface area contributed by atoms with Crippen molar-refractivity contribution in [1.29, 1.82) is 0 Å². The third-order valence-electron chi connectivity index (χ3n) is 2.63. The molecule has 1 amide bonds. The Kier molecular flexibility index (Phi) is 4.60. The maximum absolute atomic E-state index is 13.4. The van der Waals surface area contributed by atoms with E-state index in [2.05, 4.69) is 15.6 Å². The number of anilines is 1. The van der Waals surface area contributed by atoms with E-state index in [1.165, 1.54) is 29.1 Å². The number of halogens is 1. The number of hydrogen-bond acceptors (Lipinski definition) is 4. The molecular formula is C13H13FN4O3. The number of para-hydroxylation sites is 1. The summed E-state index contributed by atoms with van der Waals surface area (Å²) >= 11 is 0. The molecule has 8 heteroatoms. The van der Waals surface area contributed by atoms with Gasteiger partial charge in [-0.15, -0.1) is 5.10 Å². The molecule has 0 aliphatic heterocycles. The number of nitrogens with zero attached hydrogens (tertiary/aromatic N) is 3. The number of aliphatic carboxylic acids is 1. The molecule has 2 aromatic rings. The van der Waals surface area contributed by atoms with Crippen molar-refractivity contribution < 1.29 is 19.1 Å². The van der Waals surface area contributed by atoms with Gasteiger partial charge in [-0.05, 0) is 12.1 Å². The predicted octanol–water partition coefficient (Wildman–Crippen LogP) is 1.07. The molecular weight excluding hydrogens is 279 g/mol. The maximum Gasteiger partial charge on any atom is 0.303 e. The minimum Gasteiger partial charge on any atom is -0.481 e. The SMILES string of the molecule is O=C(O)CCc1cn(CC(=O)Nc2ccccc2F)nn1. The van der Waals surface area contributed by atoms with Crippen LogP contribution in [-0.2, 0) is 22.6 Å². The molecule has 0 radical (unpaired) electrons. The lowest BCUT2D eigenvalue weighted by Crippen LogP contribution is -2.19. The minimum absolute atomic E-state index is 0.0554. The van der Waals surface area contributed by atoms with E-state index in [1.54, 1.807) is 6.07 Å². The van der Waals surface area contributed by atoms with Crippen LogP contribution in [0.25, 0.3) is 0 Å². The number of carbonyl (C=O) groups is 2. The summed E-state index contributed by atoms with van der Waals surface area (Å²) in [5.41, 5.74) is 0.574. The summed E-state index contributed by atoms with van der Waals surface area (Å²) < 4.78 is 14.6. The summed E-state index contributed by atoms with van der Waals surface area (Å²) in [4.78, 5) is 22.2. The second-order valence-electron chi connectivity index (χ2n) is 4.33. The van der Waals surface area contributed by atoms with Crippen LogP contribution >= 0.6 is 0 Å². The first-order chi connectivity index (χ1) is 10.0. The number of rotatable bonds is 6. The lowest BCUT2D eigenvalue weighted by atomic mass is 10.2. The topological polar surface area (TPSA) is 97.1 Å². The van der Waals surface area contributed by atoms with Gasteiger partial charge >= 0.3 is 5.97 Å². The Morgan fingerprint density at radius 1 is 1.33 bits per heavy atom. The molecule has 0 aliphatic carbocycles. The number of carboxylic acid groups (broad SMARTS) is 1. The van der Waals surface area contributed by atoms with Gasteiger partial charge < -0.3 is 10.4 Å². The molecule has 2 N–H and O–H groups in total. The van der Waals surface area contributed by atoms with Gasteiger partial charge in [-0.3, -0.25) is 9.59 Å². The fourth-order valence-electron chi connectivity index (χ4n) is 1.66. The highest BCUT2D eigenvalue weighted by Crippen LogP contribution is 2.12. The zero-order valence-electron chi connectivity index (χ0n) is 11.0. The van der Waals surface area contributed by atoms with Gasteiger partial charge in [-0.1, -0.05) is 17.3 Å². The fourth-order valence-corrected chi connectivity index (χ4v) is 1.66. The van der Waals surface area contributed by atoms with Gasteiger partial charge in [0.2, 0.25) is 5.91 Å². The average molecular weight is 292 g/mol. The number of carboxylic acids is 1. The van der Waals surface area contributed by atoms with Gasteiger partial charge in [-0.25, -0.2) is 9.07 Å². The van der Waals surface area contributed by atoms with Gasteiger partial charge in [0.1, 0.15) is 12.4 Å². The Hall–Kier alpha value is -2.77. The van der Waals surface area contributed by atoms with Crippen LogP contribution in [0.4, 0.5) is 10.1 Å². The van der Waals surface area contributed by atoms with Crippen LogP contribution in [0.15, 0.2) is 30.5 Å². The lowest BCUT2D eigenvalue weighted by Gasteiger charge is -2.05. The Morgan fingerprint density at radius 3 is 2.81 bits per heavy atom. The number of amides is 1. The summed E-state index contributed by atoms with van der Waals surface area (Å²) in [7, 11) is 0. The Morgan fingerprint density at radius 2 is 2.10 bits per heavy atom. The predicted molar refractivity (Wildman–Crippen MR) is 71.0 cm³/mol. The molecule has 0 bridgehead atoms. The summed E-state index contributed by atoms with van der Waals surface area (Å²) in [6, 6.07) is 5.83. The number of aryl methyl sites for hydroxylation is 1. The molecule has 0 fully saturated rings. The molecule has 1 aromatic heterocycles. The number of aromatic nitrogens is 3. The van der Waals surface area contributed by atoms with Crippen molar-refractivity contribution in [2.24, 2.45) is 0 Å². The van der Waals surface area contributed by atoms with E-state index >= 15 is 0 Å². The van der Waals surface area contributed by atoms with Crippen molar-refractivity contribution >= 4 is 17.6 Å². The van der Waals surface area contributed by atoms with E-state index in [1.807, 2.05) is 0 Å². The summed E-state index contributed by atoms with van der Waals surface area (Å²) in [5, 5.41) is 18.5. The molecule has 1 aromatic carbocycles. The van der Waals surface area contributed by atoms with Crippen molar-refractivity contribution in [2.75, 3.05) is 5.32 Å². The van der Waals surface area contributed by atoms with Gasteiger partial charge in [0.25, 0.3) is 0 Å². The lowest BCUT2D eigenvalue weighted by molar-refractivity contribution is -0.137. The Balaban J connectivity index is 1.91. The highest BCUT2D eigenvalue weighted by Gasteiger charge is 2.09. The standard InChI is InChI=1S/C13H13FN4O3/c14-10-3-1-2-4-11(10)15-12(19)8-18-7-9(16-17-18)5-6-13(20)21/h1-4,7H,5-6,8H2,(H,15,19)(H,20,21). The Labute approximate surface area is 119 Å². The number of nitrogens with one attached hydrogen (secondary N) is 1. The second-order valence-corrected chi connectivity index (χ2v) is 4.33. The van der Waals surface area contributed by atoms with E-state index in [4.69, 9.17) is 5.11 Å². The van der Waals surface area contributed by atoms with Crippen molar-refractivity contribution in [3.8, 4) is 0 Å². The Bertz CT molecular complexity index is 656. The largest absolute Gasteiger partial charge is 0.481 e. The third-order valence-corrected chi connectivity index (χ3v) is 2.63. The van der Waals surface area contributed by atoms with E-state index in [9.17, 15) is 14.0 Å². The van der Waals surface area contributed by atoms with E-state index in [-0.39, 0.29) is 25.1 Å². The minimum atomic E-state index is -0.929. The highest BCUT2D eigenvalue weighted by atomic mass is 19.1. The van der Waals surface area contributed by atoms with Gasteiger partial charge in [0.05, 0.1) is 17.8 Å². The van der Waals surface area contributed by atoms with Crippen molar-refractivity contribution in [3.63, 3.8) is 0 Å². The summed E-state index contributed by atoms with van der Waals surface area (Å²) in [6.45, 7) is -0.131. The second kappa shape index (κ2) is 6.60. The first-order valence-corrected chi connectivity index (χ1v) is 6.20. The van der Waals surface area contributed by atoms with Crippen LogP contribution < -0.4 is 5.32 Å². The third kappa shape index (κ3) is 4.37. The molecule has 7 nitrogen and oxygen atoms in total. The average Bonchev–Trinajstić information content (AvgIpc) is 2.86. The number of hydrogen-bond donors (Lipinski definition) is 2. The number of carbonyl (C=O) groups excluding carboxylic acids is 1. The molecule has 0 spiro atoms. The van der Waals surface area contributed by atoms with Crippen LogP contribution in [0.1, 0.15) is 12.1 Å². The van der Waals surface area contributed by atoms with Gasteiger partial charge in [0.15, 0.2) is 0 Å². The zero-order chi connectivity index (χ0) is 15.2. The number of benzene rings is 1. The zero-order valence-corrected chi connectivity index (χ0v) is 11.0. The molecule has 1 heterocycles. The monoisotopic (exact) mass is 292 g/mol. The summed E-state index contributed by atoms with van der Waals surface area (Å²) in [6.07, 6.45) is 1.67. The van der Waals surface area contributed by atoms with Gasteiger partial charge in [-0.2, -0.15) is 0 Å². The molecule has 0 atom stereocenters. The first-order valence-electron chi connectivity index (χ1n) is 6.20. The first kappa shape index (κ1) is 14.6. The van der Waals surface area contributed by atoms with Crippen LogP contribution in [0.3, 0.4) is 0 Å². The molecule has 0 saturated heterocycles. The molecule has 2 rings (SSSR count). The molecule has 0 saturated carbocycles. The normalized spacial score (nSPS) is 10.3. The smallest absolute Gasteiger partial charge is 0.303 e. The van der Waals surface area contributed by atoms with Crippen LogP contribution in [0, 0.1) is 5.82 Å². The fraction of sp³-hybridized carbons (Fsp3) is 0.231. The van der Waals surface area contributed by atoms with Gasteiger partial charge in [0, 0.05) is 12.6 Å². The van der Waals surface area contributed by atoms with E-state index in [0.29, 0.717) is 5.69 Å². The maximum atomic E-state index is 13.4. The van der Waals surface area contributed by atoms with Crippen molar-refractivity contribution in [2.45, 2.75) is 19.4 Å². The molecule has 110 valence electrons. The van der Waals surface area contributed by atoms with E-state index < -0.39 is 17.7 Å². The quantitative estimate of drug-likeness (QED) is 0.830. The summed E-state index contributed by atoms with van der Waals surface area (Å²) in [5.74, 6) is -1.90.